The fourth-order valence-corrected chi connectivity index (χ4v) is 1.71. The topological polar surface area (TPSA) is 17.1 Å². The van der Waals surface area contributed by atoms with Crippen LogP contribution in [-0.2, 0) is 0 Å². The minimum absolute atomic E-state index is 0.433. The zero-order chi connectivity index (χ0) is 9.68. The summed E-state index contributed by atoms with van der Waals surface area (Å²) < 4.78 is 12.5. The molecule has 1 aromatic carbocycles. The van der Waals surface area contributed by atoms with Gasteiger partial charge in [0.25, 0.3) is 0 Å². The van der Waals surface area contributed by atoms with Crippen molar-refractivity contribution in [2.75, 3.05) is 5.75 Å². The Balaban J connectivity index is 2.61. The van der Waals surface area contributed by atoms with Crippen LogP contribution in [-0.4, -0.2) is 18.2 Å². The van der Waals surface area contributed by atoms with Crippen molar-refractivity contribution in [3.63, 3.8) is 0 Å². The molecule has 1 unspecified atom stereocenters. The van der Waals surface area contributed by atoms with Crippen molar-refractivity contribution in [3.05, 3.63) is 29.8 Å². The maximum atomic E-state index is 12.5. The van der Waals surface area contributed by atoms with Gasteiger partial charge in [0, 0.05) is 16.2 Å². The van der Waals surface area contributed by atoms with Gasteiger partial charge in [-0.2, -0.15) is 0 Å². The molecular formula is C10H11FOS. The highest BCUT2D eigenvalue weighted by atomic mass is 32.2. The molecule has 0 bridgehead atoms. The predicted molar refractivity (Wildman–Crippen MR) is 53.1 cm³/mol. The van der Waals surface area contributed by atoms with E-state index in [4.69, 9.17) is 0 Å². The van der Waals surface area contributed by atoms with Crippen LogP contribution in [0.1, 0.15) is 17.3 Å². The highest BCUT2D eigenvalue weighted by Gasteiger charge is 2.00. The molecular weight excluding hydrogens is 187 g/mol. The van der Waals surface area contributed by atoms with Gasteiger partial charge in [0.15, 0.2) is 0 Å². The number of aldehydes is 1. The third-order valence-electron chi connectivity index (χ3n) is 1.47. The van der Waals surface area contributed by atoms with Gasteiger partial charge in [-0.3, -0.25) is 4.79 Å². The van der Waals surface area contributed by atoms with Crippen molar-refractivity contribution in [3.8, 4) is 0 Å². The standard InChI is InChI=1S/C10H11FOS/c1-8(11)7-13-10-4-2-3-9(5-10)6-12/h2-6,8H,7H2,1H3. The fraction of sp³-hybridized carbons (Fsp3) is 0.300. The summed E-state index contributed by atoms with van der Waals surface area (Å²) in [6.07, 6.45) is -0.0203. The van der Waals surface area contributed by atoms with Gasteiger partial charge in [-0.1, -0.05) is 12.1 Å². The molecule has 0 saturated carbocycles. The van der Waals surface area contributed by atoms with E-state index in [2.05, 4.69) is 0 Å². The lowest BCUT2D eigenvalue weighted by Gasteiger charge is -2.02. The number of carbonyl (C=O) groups excluding carboxylic acids is 1. The molecule has 0 aliphatic rings. The molecule has 0 N–H and O–H groups in total. The number of rotatable bonds is 4. The Kier molecular flexibility index (Phi) is 3.96. The van der Waals surface area contributed by atoms with E-state index >= 15 is 0 Å². The summed E-state index contributed by atoms with van der Waals surface area (Å²) in [6, 6.07) is 7.17. The number of benzene rings is 1. The van der Waals surface area contributed by atoms with Crippen LogP contribution in [0.3, 0.4) is 0 Å². The van der Waals surface area contributed by atoms with Crippen LogP contribution in [0.25, 0.3) is 0 Å². The normalized spacial score (nSPS) is 12.5. The molecule has 0 fully saturated rings. The number of alkyl halides is 1. The molecule has 13 heavy (non-hydrogen) atoms. The van der Waals surface area contributed by atoms with Crippen LogP contribution in [0.4, 0.5) is 4.39 Å². The van der Waals surface area contributed by atoms with E-state index in [0.29, 0.717) is 11.3 Å². The van der Waals surface area contributed by atoms with Crippen LogP contribution in [0.5, 0.6) is 0 Å². The smallest absolute Gasteiger partial charge is 0.150 e. The van der Waals surface area contributed by atoms with Crippen molar-refractivity contribution in [2.45, 2.75) is 18.0 Å². The van der Waals surface area contributed by atoms with Gasteiger partial charge in [0.2, 0.25) is 0 Å². The van der Waals surface area contributed by atoms with Gasteiger partial charge in [0.05, 0.1) is 0 Å². The van der Waals surface area contributed by atoms with E-state index in [-0.39, 0.29) is 0 Å². The van der Waals surface area contributed by atoms with Crippen molar-refractivity contribution >= 4 is 18.0 Å². The Labute approximate surface area is 81.3 Å². The van der Waals surface area contributed by atoms with Crippen LogP contribution in [0.15, 0.2) is 29.2 Å². The molecule has 0 aliphatic heterocycles. The minimum Gasteiger partial charge on any atom is -0.298 e. The summed E-state index contributed by atoms with van der Waals surface area (Å²) in [5.74, 6) is 0.433. The highest BCUT2D eigenvalue weighted by Crippen LogP contribution is 2.19. The Hall–Kier alpha value is -0.830. The third-order valence-corrected chi connectivity index (χ3v) is 2.69. The Morgan fingerprint density at radius 1 is 1.62 bits per heavy atom. The Morgan fingerprint density at radius 3 is 3.00 bits per heavy atom. The van der Waals surface area contributed by atoms with Crippen molar-refractivity contribution in [1.82, 2.24) is 0 Å². The second-order valence-electron chi connectivity index (χ2n) is 2.78. The van der Waals surface area contributed by atoms with Gasteiger partial charge in [-0.15, -0.1) is 11.8 Å². The largest absolute Gasteiger partial charge is 0.298 e. The van der Waals surface area contributed by atoms with Gasteiger partial charge >= 0.3 is 0 Å². The van der Waals surface area contributed by atoms with E-state index in [1.165, 1.54) is 18.7 Å². The number of carbonyl (C=O) groups is 1. The lowest BCUT2D eigenvalue weighted by atomic mass is 10.2. The van der Waals surface area contributed by atoms with Crippen LogP contribution < -0.4 is 0 Å². The predicted octanol–water partition coefficient (Wildman–Crippen LogP) is 2.95. The van der Waals surface area contributed by atoms with Gasteiger partial charge in [-0.25, -0.2) is 4.39 Å². The fourth-order valence-electron chi connectivity index (χ4n) is 0.889. The van der Waals surface area contributed by atoms with Gasteiger partial charge < -0.3 is 0 Å². The van der Waals surface area contributed by atoms with Crippen LogP contribution in [0, 0.1) is 0 Å². The first kappa shape index (κ1) is 10.3. The summed E-state index contributed by atoms with van der Waals surface area (Å²) >= 11 is 1.42. The summed E-state index contributed by atoms with van der Waals surface area (Å²) in [6.45, 7) is 1.52. The average Bonchev–Trinajstić information content (AvgIpc) is 2.15. The summed E-state index contributed by atoms with van der Waals surface area (Å²) in [5.41, 5.74) is 0.636. The maximum absolute atomic E-state index is 12.5. The number of hydrogen-bond acceptors (Lipinski definition) is 2. The molecule has 0 saturated heterocycles. The molecule has 0 aliphatic carbocycles. The lowest BCUT2D eigenvalue weighted by Crippen LogP contribution is -1.95. The second kappa shape index (κ2) is 5.02. The van der Waals surface area contributed by atoms with Gasteiger partial charge in [0.1, 0.15) is 12.5 Å². The first-order chi connectivity index (χ1) is 6.22. The van der Waals surface area contributed by atoms with Crippen molar-refractivity contribution in [2.24, 2.45) is 0 Å². The van der Waals surface area contributed by atoms with Crippen molar-refractivity contribution < 1.29 is 9.18 Å². The van der Waals surface area contributed by atoms with E-state index in [0.717, 1.165) is 11.2 Å². The molecule has 1 atom stereocenters. The van der Waals surface area contributed by atoms with E-state index in [1.54, 1.807) is 18.2 Å². The highest BCUT2D eigenvalue weighted by molar-refractivity contribution is 7.99. The number of hydrogen-bond donors (Lipinski definition) is 0. The first-order valence-electron chi connectivity index (χ1n) is 4.04. The molecule has 1 rings (SSSR count). The summed E-state index contributed by atoms with van der Waals surface area (Å²) in [5, 5.41) is 0. The van der Waals surface area contributed by atoms with Gasteiger partial charge in [-0.05, 0) is 19.1 Å². The molecule has 0 aromatic heterocycles. The molecule has 1 aromatic rings. The molecule has 1 nitrogen and oxygen atoms in total. The Morgan fingerprint density at radius 2 is 2.38 bits per heavy atom. The minimum atomic E-state index is -0.815. The van der Waals surface area contributed by atoms with Crippen LogP contribution in [0.2, 0.25) is 0 Å². The maximum Gasteiger partial charge on any atom is 0.150 e. The molecule has 3 heteroatoms. The lowest BCUT2D eigenvalue weighted by molar-refractivity contribution is 0.112. The first-order valence-corrected chi connectivity index (χ1v) is 5.03. The van der Waals surface area contributed by atoms with E-state index in [9.17, 15) is 9.18 Å². The SMILES string of the molecule is CC(F)CSc1cccc(C=O)c1. The quantitative estimate of drug-likeness (QED) is 0.546. The summed E-state index contributed by atoms with van der Waals surface area (Å²) in [4.78, 5) is 11.4. The zero-order valence-electron chi connectivity index (χ0n) is 7.37. The average molecular weight is 198 g/mol. The van der Waals surface area contributed by atoms with Crippen molar-refractivity contribution in [1.29, 1.82) is 0 Å². The summed E-state index contributed by atoms with van der Waals surface area (Å²) in [7, 11) is 0. The number of halogens is 1. The zero-order valence-corrected chi connectivity index (χ0v) is 8.18. The van der Waals surface area contributed by atoms with E-state index < -0.39 is 6.17 Å². The molecule has 70 valence electrons. The molecule has 0 spiro atoms. The molecule has 0 heterocycles. The Bertz CT molecular complexity index is 286. The van der Waals surface area contributed by atoms with E-state index in [1.807, 2.05) is 6.07 Å². The second-order valence-corrected chi connectivity index (χ2v) is 3.88. The monoisotopic (exact) mass is 198 g/mol. The third kappa shape index (κ3) is 3.59. The molecule has 0 radical (unpaired) electrons. The number of thioether (sulfide) groups is 1. The van der Waals surface area contributed by atoms with Crippen LogP contribution >= 0.6 is 11.8 Å². The molecule has 0 amide bonds.